The predicted molar refractivity (Wildman–Crippen MR) is 79.2 cm³/mol. The van der Waals surface area contributed by atoms with Gasteiger partial charge in [-0.1, -0.05) is 57.0 Å². The maximum atomic E-state index is 12.4. The zero-order valence-corrected chi connectivity index (χ0v) is 12.3. The molecule has 1 N–H and O–H groups in total. The van der Waals surface area contributed by atoms with Crippen LogP contribution in [0.2, 0.25) is 0 Å². The summed E-state index contributed by atoms with van der Waals surface area (Å²) >= 11 is 0. The number of carbonyl (C=O) groups excluding carboxylic acids is 1. The van der Waals surface area contributed by atoms with Gasteiger partial charge in [0.25, 0.3) is 0 Å². The third-order valence-corrected chi connectivity index (χ3v) is 3.79. The predicted octanol–water partition coefficient (Wildman–Crippen LogP) is 4.08. The molecule has 0 aliphatic heterocycles. The van der Waals surface area contributed by atoms with Crippen LogP contribution in [0.3, 0.4) is 0 Å². The van der Waals surface area contributed by atoms with Gasteiger partial charge in [0.05, 0.1) is 6.10 Å². The summed E-state index contributed by atoms with van der Waals surface area (Å²) in [4.78, 5) is 12.4. The molecule has 0 aliphatic rings. The molecule has 0 fully saturated rings. The van der Waals surface area contributed by atoms with Gasteiger partial charge in [0.1, 0.15) is 0 Å². The number of rotatable bonds is 8. The number of benzene rings is 1. The number of Topliss-reactive ketones (excluding diaryl/α,β-unsaturated/α-hetero) is 1. The zero-order valence-electron chi connectivity index (χ0n) is 12.3. The summed E-state index contributed by atoms with van der Waals surface area (Å²) in [5, 5.41) is 9.42. The fourth-order valence-corrected chi connectivity index (χ4v) is 2.55. The maximum absolute atomic E-state index is 12.4. The Kier molecular flexibility index (Phi) is 6.79. The molecule has 2 nitrogen and oxygen atoms in total. The fourth-order valence-electron chi connectivity index (χ4n) is 2.55. The van der Waals surface area contributed by atoms with E-state index in [0.29, 0.717) is 5.92 Å². The molecule has 0 spiro atoms. The smallest absolute Gasteiger partial charge is 0.165 e. The first-order valence-corrected chi connectivity index (χ1v) is 7.33. The lowest BCUT2D eigenvalue weighted by atomic mass is 9.81. The lowest BCUT2D eigenvalue weighted by molar-refractivity contribution is 0.0860. The van der Waals surface area contributed by atoms with Gasteiger partial charge in [-0.15, -0.1) is 0 Å². The minimum Gasteiger partial charge on any atom is -0.393 e. The largest absolute Gasteiger partial charge is 0.393 e. The van der Waals surface area contributed by atoms with Crippen molar-refractivity contribution in [3.63, 3.8) is 0 Å². The molecule has 1 aromatic rings. The summed E-state index contributed by atoms with van der Waals surface area (Å²) in [6, 6.07) is 9.51. The molecule has 0 aliphatic carbocycles. The number of carbonyl (C=O) groups is 1. The molecule has 0 aromatic heterocycles. The number of aliphatic hydroxyl groups excluding tert-OH is 1. The SMILES string of the molecule is CCCC(CCC(C)O)C(C)C(=O)c1ccccc1. The van der Waals surface area contributed by atoms with Crippen molar-refractivity contribution in [1.29, 1.82) is 0 Å². The minimum atomic E-state index is -0.279. The van der Waals surface area contributed by atoms with E-state index in [9.17, 15) is 9.90 Å². The van der Waals surface area contributed by atoms with Crippen LogP contribution in [0.1, 0.15) is 56.8 Å². The topological polar surface area (TPSA) is 37.3 Å². The highest BCUT2D eigenvalue weighted by molar-refractivity contribution is 5.97. The molecule has 3 atom stereocenters. The van der Waals surface area contributed by atoms with Gasteiger partial charge in [-0.05, 0) is 25.7 Å². The van der Waals surface area contributed by atoms with Crippen LogP contribution in [-0.4, -0.2) is 17.0 Å². The second kappa shape index (κ2) is 8.11. The highest BCUT2D eigenvalue weighted by Gasteiger charge is 2.24. The van der Waals surface area contributed by atoms with E-state index in [1.165, 1.54) is 0 Å². The van der Waals surface area contributed by atoms with Crippen molar-refractivity contribution in [3.8, 4) is 0 Å². The monoisotopic (exact) mass is 262 g/mol. The Labute approximate surface area is 116 Å². The van der Waals surface area contributed by atoms with Crippen LogP contribution in [0.5, 0.6) is 0 Å². The van der Waals surface area contributed by atoms with Crippen LogP contribution in [0.4, 0.5) is 0 Å². The molecule has 19 heavy (non-hydrogen) atoms. The summed E-state index contributed by atoms with van der Waals surface area (Å²) in [5.74, 6) is 0.623. The van der Waals surface area contributed by atoms with Crippen LogP contribution in [-0.2, 0) is 0 Å². The number of aliphatic hydroxyl groups is 1. The molecule has 2 heteroatoms. The van der Waals surface area contributed by atoms with Gasteiger partial charge in [-0.3, -0.25) is 4.79 Å². The average molecular weight is 262 g/mol. The summed E-state index contributed by atoms with van der Waals surface area (Å²) in [7, 11) is 0. The highest BCUT2D eigenvalue weighted by Crippen LogP contribution is 2.26. The summed E-state index contributed by atoms with van der Waals surface area (Å²) < 4.78 is 0. The molecule has 106 valence electrons. The van der Waals surface area contributed by atoms with Gasteiger partial charge in [-0.2, -0.15) is 0 Å². The normalized spacial score (nSPS) is 15.8. The maximum Gasteiger partial charge on any atom is 0.165 e. The number of hydrogen-bond acceptors (Lipinski definition) is 2. The quantitative estimate of drug-likeness (QED) is 0.717. The van der Waals surface area contributed by atoms with Crippen LogP contribution < -0.4 is 0 Å². The van der Waals surface area contributed by atoms with E-state index in [1.54, 1.807) is 0 Å². The van der Waals surface area contributed by atoms with Crippen LogP contribution in [0.25, 0.3) is 0 Å². The second-order valence-corrected chi connectivity index (χ2v) is 5.49. The third-order valence-electron chi connectivity index (χ3n) is 3.79. The molecule has 1 aromatic carbocycles. The van der Waals surface area contributed by atoms with Crippen molar-refractivity contribution in [1.82, 2.24) is 0 Å². The van der Waals surface area contributed by atoms with Gasteiger partial charge in [0, 0.05) is 11.5 Å². The molecule has 0 saturated carbocycles. The molecule has 1 rings (SSSR count). The Morgan fingerprint density at radius 1 is 1.11 bits per heavy atom. The molecule has 0 bridgehead atoms. The Bertz CT molecular complexity index is 370. The van der Waals surface area contributed by atoms with Crippen LogP contribution >= 0.6 is 0 Å². The fraction of sp³-hybridized carbons (Fsp3) is 0.588. The Hall–Kier alpha value is -1.15. The second-order valence-electron chi connectivity index (χ2n) is 5.49. The van der Waals surface area contributed by atoms with Gasteiger partial charge in [0.2, 0.25) is 0 Å². The first kappa shape index (κ1) is 15.9. The Morgan fingerprint density at radius 3 is 2.26 bits per heavy atom. The molecular formula is C17H26O2. The summed E-state index contributed by atoms with van der Waals surface area (Å²) in [5.41, 5.74) is 0.799. The van der Waals surface area contributed by atoms with Crippen LogP contribution in [0.15, 0.2) is 30.3 Å². The molecule has 0 saturated heterocycles. The van der Waals surface area contributed by atoms with E-state index in [2.05, 4.69) is 6.92 Å². The van der Waals surface area contributed by atoms with E-state index >= 15 is 0 Å². The molecule has 0 radical (unpaired) electrons. The van der Waals surface area contributed by atoms with Crippen molar-refractivity contribution < 1.29 is 9.90 Å². The van der Waals surface area contributed by atoms with E-state index < -0.39 is 0 Å². The molecule has 0 heterocycles. The third kappa shape index (κ3) is 5.15. The van der Waals surface area contributed by atoms with Gasteiger partial charge < -0.3 is 5.11 Å². The van der Waals surface area contributed by atoms with Crippen molar-refractivity contribution in [2.24, 2.45) is 11.8 Å². The van der Waals surface area contributed by atoms with Crippen molar-refractivity contribution in [3.05, 3.63) is 35.9 Å². The van der Waals surface area contributed by atoms with Crippen molar-refractivity contribution in [2.45, 2.75) is 52.6 Å². The van der Waals surface area contributed by atoms with Crippen LogP contribution in [0, 0.1) is 11.8 Å². The zero-order chi connectivity index (χ0) is 14.3. The summed E-state index contributed by atoms with van der Waals surface area (Å²) in [6.07, 6.45) is 3.55. The molecular weight excluding hydrogens is 236 g/mol. The van der Waals surface area contributed by atoms with Crippen molar-refractivity contribution in [2.75, 3.05) is 0 Å². The highest BCUT2D eigenvalue weighted by atomic mass is 16.3. The minimum absolute atomic E-state index is 0.0288. The first-order valence-electron chi connectivity index (χ1n) is 7.33. The van der Waals surface area contributed by atoms with Gasteiger partial charge >= 0.3 is 0 Å². The first-order chi connectivity index (χ1) is 9.06. The molecule has 3 unspecified atom stereocenters. The molecule has 0 amide bonds. The lowest BCUT2D eigenvalue weighted by Crippen LogP contribution is -2.22. The number of ketones is 1. The van der Waals surface area contributed by atoms with Gasteiger partial charge in [-0.25, -0.2) is 0 Å². The summed E-state index contributed by atoms with van der Waals surface area (Å²) in [6.45, 7) is 5.99. The standard InChI is InChI=1S/C17H26O2/c1-4-8-15(12-11-13(2)18)14(3)17(19)16-9-6-5-7-10-16/h5-7,9-10,13-15,18H,4,8,11-12H2,1-3H3. The van der Waals surface area contributed by atoms with Gasteiger partial charge in [0.15, 0.2) is 5.78 Å². The van der Waals surface area contributed by atoms with Crippen molar-refractivity contribution >= 4 is 5.78 Å². The van der Waals surface area contributed by atoms with E-state index in [0.717, 1.165) is 31.2 Å². The Balaban J connectivity index is 2.70. The lowest BCUT2D eigenvalue weighted by Gasteiger charge is -2.23. The van der Waals surface area contributed by atoms with E-state index in [4.69, 9.17) is 0 Å². The Morgan fingerprint density at radius 2 is 1.74 bits per heavy atom. The average Bonchev–Trinajstić information content (AvgIpc) is 2.42. The number of hydrogen-bond donors (Lipinski definition) is 1. The van der Waals surface area contributed by atoms with E-state index in [-0.39, 0.29) is 17.8 Å². The van der Waals surface area contributed by atoms with E-state index in [1.807, 2.05) is 44.2 Å².